The number of nitro groups is 1. The van der Waals surface area contributed by atoms with Crippen LogP contribution in [0.25, 0.3) is 0 Å². The van der Waals surface area contributed by atoms with Gasteiger partial charge in [0.2, 0.25) is 0 Å². The molecule has 100 valence electrons. The SMILES string of the molecule is CC1(C)[C@H](C(=O)Oc2ccc([N+](=O)[O-])cc2)[C@@H]1C=O. The van der Waals surface area contributed by atoms with Gasteiger partial charge in [-0.1, -0.05) is 13.8 Å². The van der Waals surface area contributed by atoms with Gasteiger partial charge >= 0.3 is 5.97 Å². The number of esters is 1. The molecule has 0 bridgehead atoms. The highest BCUT2D eigenvalue weighted by atomic mass is 16.6. The monoisotopic (exact) mass is 263 g/mol. The molecule has 0 amide bonds. The number of carbonyl (C=O) groups excluding carboxylic acids is 2. The van der Waals surface area contributed by atoms with Gasteiger partial charge in [-0.05, 0) is 17.5 Å². The maximum Gasteiger partial charge on any atom is 0.315 e. The van der Waals surface area contributed by atoms with E-state index in [0.29, 0.717) is 0 Å². The first-order valence-electron chi connectivity index (χ1n) is 5.79. The topological polar surface area (TPSA) is 86.5 Å². The van der Waals surface area contributed by atoms with Gasteiger partial charge in [0.25, 0.3) is 5.69 Å². The van der Waals surface area contributed by atoms with E-state index in [1.165, 1.54) is 24.3 Å². The predicted molar refractivity (Wildman–Crippen MR) is 65.6 cm³/mol. The van der Waals surface area contributed by atoms with Gasteiger partial charge in [-0.15, -0.1) is 0 Å². The molecule has 2 atom stereocenters. The van der Waals surface area contributed by atoms with Crippen LogP contribution in [0.15, 0.2) is 24.3 Å². The number of hydrogen-bond acceptors (Lipinski definition) is 5. The highest BCUT2D eigenvalue weighted by Crippen LogP contribution is 2.57. The van der Waals surface area contributed by atoms with Crippen molar-refractivity contribution in [3.05, 3.63) is 34.4 Å². The van der Waals surface area contributed by atoms with Crippen LogP contribution >= 0.6 is 0 Å². The van der Waals surface area contributed by atoms with Crippen molar-refractivity contribution in [2.24, 2.45) is 17.3 Å². The summed E-state index contributed by atoms with van der Waals surface area (Å²) in [5.41, 5.74) is -0.447. The highest BCUT2D eigenvalue weighted by Gasteiger charge is 2.62. The average Bonchev–Trinajstić information content (AvgIpc) is 2.91. The van der Waals surface area contributed by atoms with Crippen LogP contribution < -0.4 is 4.74 Å². The third-order valence-corrected chi connectivity index (χ3v) is 3.58. The molecule has 0 saturated heterocycles. The molecule has 1 aromatic carbocycles. The lowest BCUT2D eigenvalue weighted by Crippen LogP contribution is -2.14. The van der Waals surface area contributed by atoms with Gasteiger partial charge in [-0.3, -0.25) is 14.9 Å². The smallest absolute Gasteiger partial charge is 0.315 e. The van der Waals surface area contributed by atoms with Gasteiger partial charge < -0.3 is 9.53 Å². The van der Waals surface area contributed by atoms with Gasteiger partial charge in [-0.25, -0.2) is 0 Å². The number of carbonyl (C=O) groups is 2. The minimum atomic E-state index is -0.530. The van der Waals surface area contributed by atoms with Gasteiger partial charge in [0.1, 0.15) is 12.0 Å². The number of nitrogens with zero attached hydrogens (tertiary/aromatic N) is 1. The molecule has 0 radical (unpaired) electrons. The van der Waals surface area contributed by atoms with E-state index in [1.54, 1.807) is 0 Å². The van der Waals surface area contributed by atoms with Crippen molar-refractivity contribution in [1.29, 1.82) is 0 Å². The summed E-state index contributed by atoms with van der Waals surface area (Å²) in [7, 11) is 0. The quantitative estimate of drug-likeness (QED) is 0.272. The number of nitro benzene ring substituents is 1. The van der Waals surface area contributed by atoms with E-state index in [-0.39, 0.29) is 22.8 Å². The molecular formula is C13H13NO5. The van der Waals surface area contributed by atoms with E-state index >= 15 is 0 Å². The van der Waals surface area contributed by atoms with Crippen LogP contribution in [-0.2, 0) is 9.59 Å². The predicted octanol–water partition coefficient (Wildman–Crippen LogP) is 1.97. The summed E-state index contributed by atoms with van der Waals surface area (Å²) < 4.78 is 5.12. The molecule has 0 spiro atoms. The minimum Gasteiger partial charge on any atom is -0.426 e. The molecule has 1 aromatic rings. The van der Waals surface area contributed by atoms with Gasteiger partial charge in [0.15, 0.2) is 0 Å². The lowest BCUT2D eigenvalue weighted by Gasteiger charge is -2.04. The fraction of sp³-hybridized carbons (Fsp3) is 0.385. The maximum atomic E-state index is 11.9. The Bertz CT molecular complexity index is 534. The van der Waals surface area contributed by atoms with Crippen molar-refractivity contribution < 1.29 is 19.2 Å². The second-order valence-electron chi connectivity index (χ2n) is 5.13. The Balaban J connectivity index is 2.04. The Labute approximate surface area is 109 Å². The zero-order valence-electron chi connectivity index (χ0n) is 10.5. The zero-order chi connectivity index (χ0) is 14.2. The molecule has 0 aromatic heterocycles. The molecule has 2 rings (SSSR count). The van der Waals surface area contributed by atoms with Crippen molar-refractivity contribution >= 4 is 17.9 Å². The molecule has 1 saturated carbocycles. The number of aldehydes is 1. The summed E-state index contributed by atoms with van der Waals surface area (Å²) >= 11 is 0. The maximum absolute atomic E-state index is 11.9. The second kappa shape index (κ2) is 4.46. The summed E-state index contributed by atoms with van der Waals surface area (Å²) in [4.78, 5) is 32.6. The van der Waals surface area contributed by atoms with Crippen molar-refractivity contribution in [3.8, 4) is 5.75 Å². The zero-order valence-corrected chi connectivity index (χ0v) is 10.5. The van der Waals surface area contributed by atoms with Crippen LogP contribution in [0.4, 0.5) is 5.69 Å². The Morgan fingerprint density at radius 2 is 1.95 bits per heavy atom. The van der Waals surface area contributed by atoms with E-state index < -0.39 is 16.8 Å². The summed E-state index contributed by atoms with van der Waals surface area (Å²) in [6, 6.07) is 5.25. The minimum absolute atomic E-state index is 0.0719. The summed E-state index contributed by atoms with van der Waals surface area (Å²) in [6.07, 6.45) is 0.766. The first-order chi connectivity index (χ1) is 8.87. The number of ether oxygens (including phenoxy) is 1. The summed E-state index contributed by atoms with van der Waals surface area (Å²) in [5, 5.41) is 10.5. The molecule has 0 unspecified atom stereocenters. The molecule has 1 aliphatic rings. The lowest BCUT2D eigenvalue weighted by atomic mass is 10.1. The fourth-order valence-corrected chi connectivity index (χ4v) is 2.20. The average molecular weight is 263 g/mol. The van der Waals surface area contributed by atoms with Gasteiger partial charge in [0.05, 0.1) is 10.8 Å². The lowest BCUT2D eigenvalue weighted by molar-refractivity contribution is -0.384. The van der Waals surface area contributed by atoms with Crippen molar-refractivity contribution in [3.63, 3.8) is 0 Å². The normalized spacial score (nSPS) is 23.5. The van der Waals surface area contributed by atoms with Crippen LogP contribution in [0.2, 0.25) is 0 Å². The van der Waals surface area contributed by atoms with E-state index in [4.69, 9.17) is 4.74 Å². The molecular weight excluding hydrogens is 250 g/mol. The van der Waals surface area contributed by atoms with Crippen LogP contribution in [0.5, 0.6) is 5.75 Å². The standard InChI is InChI=1S/C13H13NO5/c1-13(2)10(7-15)11(13)12(16)19-9-5-3-8(4-6-9)14(17)18/h3-7,10-11H,1-2H3/t10-,11-/m0/s1. The van der Waals surface area contributed by atoms with Crippen molar-refractivity contribution in [1.82, 2.24) is 0 Å². The van der Waals surface area contributed by atoms with Crippen molar-refractivity contribution in [2.75, 3.05) is 0 Å². The third-order valence-electron chi connectivity index (χ3n) is 3.58. The molecule has 0 aliphatic heterocycles. The number of rotatable bonds is 4. The van der Waals surface area contributed by atoms with Gasteiger partial charge in [0, 0.05) is 18.1 Å². The summed E-state index contributed by atoms with van der Waals surface area (Å²) in [6.45, 7) is 3.65. The first kappa shape index (κ1) is 13.2. The molecule has 0 heterocycles. The highest BCUT2D eigenvalue weighted by molar-refractivity contribution is 5.85. The van der Waals surface area contributed by atoms with E-state index in [9.17, 15) is 19.7 Å². The van der Waals surface area contributed by atoms with Crippen LogP contribution in [0, 0.1) is 27.4 Å². The van der Waals surface area contributed by atoms with E-state index in [2.05, 4.69) is 0 Å². The van der Waals surface area contributed by atoms with E-state index in [0.717, 1.165) is 6.29 Å². The molecule has 19 heavy (non-hydrogen) atoms. The third kappa shape index (κ3) is 2.33. The molecule has 6 nitrogen and oxygen atoms in total. The Hall–Kier alpha value is -2.24. The number of hydrogen-bond donors (Lipinski definition) is 0. The van der Waals surface area contributed by atoms with Crippen LogP contribution in [0.3, 0.4) is 0 Å². The van der Waals surface area contributed by atoms with Crippen LogP contribution in [-0.4, -0.2) is 17.2 Å². The number of benzene rings is 1. The Morgan fingerprint density at radius 3 is 2.37 bits per heavy atom. The van der Waals surface area contributed by atoms with Gasteiger partial charge in [-0.2, -0.15) is 0 Å². The van der Waals surface area contributed by atoms with E-state index in [1.807, 2.05) is 13.8 Å². The molecule has 1 fully saturated rings. The molecule has 1 aliphatic carbocycles. The largest absolute Gasteiger partial charge is 0.426 e. The Kier molecular flexibility index (Phi) is 3.09. The van der Waals surface area contributed by atoms with Crippen molar-refractivity contribution in [2.45, 2.75) is 13.8 Å². The molecule has 0 N–H and O–H groups in total. The number of non-ortho nitro benzene ring substituents is 1. The van der Waals surface area contributed by atoms with Crippen LogP contribution in [0.1, 0.15) is 13.8 Å². The fourth-order valence-electron chi connectivity index (χ4n) is 2.20. The summed E-state index contributed by atoms with van der Waals surface area (Å²) in [5.74, 6) is -1.00. The first-order valence-corrected chi connectivity index (χ1v) is 5.79. The molecule has 6 heteroatoms. The Morgan fingerprint density at radius 1 is 1.37 bits per heavy atom. The second-order valence-corrected chi connectivity index (χ2v) is 5.13.